The number of carbonyl (C=O) groups is 2. The minimum Gasteiger partial charge on any atom is -0.481 e. The van der Waals surface area contributed by atoms with Crippen LogP contribution in [0.2, 0.25) is 0 Å². The molecule has 0 aliphatic heterocycles. The van der Waals surface area contributed by atoms with Crippen LogP contribution in [0.25, 0.3) is 0 Å². The average Bonchev–Trinajstić information content (AvgIpc) is 3.07. The molecule has 1 N–H and O–H groups in total. The Labute approximate surface area is 301 Å². The second kappa shape index (κ2) is 40.4. The van der Waals surface area contributed by atoms with E-state index in [0.29, 0.717) is 12.8 Å². The Balaban J connectivity index is 3.84. The van der Waals surface area contributed by atoms with Gasteiger partial charge in [-0.1, -0.05) is 213 Å². The molecule has 1 unspecified atom stereocenters. The third-order valence-electron chi connectivity index (χ3n) is 10.3. The van der Waals surface area contributed by atoms with Crippen molar-refractivity contribution in [3.05, 3.63) is 0 Å². The summed E-state index contributed by atoms with van der Waals surface area (Å²) in [6.45, 7) is 4.57. The van der Waals surface area contributed by atoms with Gasteiger partial charge in [0.1, 0.15) is 6.10 Å². The Hall–Kier alpha value is -1.06. The predicted octanol–water partition coefficient (Wildman–Crippen LogP) is 15.2. The van der Waals surface area contributed by atoms with Gasteiger partial charge in [0.2, 0.25) is 0 Å². The molecule has 286 valence electrons. The maximum Gasteiger partial charge on any atom is 0.306 e. The van der Waals surface area contributed by atoms with Crippen molar-refractivity contribution < 1.29 is 19.4 Å². The molecule has 0 radical (unpaired) electrons. The van der Waals surface area contributed by atoms with Crippen molar-refractivity contribution in [3.63, 3.8) is 0 Å². The van der Waals surface area contributed by atoms with Gasteiger partial charge in [-0.3, -0.25) is 9.59 Å². The van der Waals surface area contributed by atoms with Crippen LogP contribution < -0.4 is 0 Å². The molecule has 0 bridgehead atoms. The van der Waals surface area contributed by atoms with Gasteiger partial charge < -0.3 is 9.84 Å². The lowest BCUT2D eigenvalue weighted by atomic mass is 10.0. The molecule has 0 aliphatic carbocycles. The quantitative estimate of drug-likeness (QED) is 0.0516. The third kappa shape index (κ3) is 39.4. The average molecular weight is 679 g/mol. The largest absolute Gasteiger partial charge is 0.481 e. The molecule has 48 heavy (non-hydrogen) atoms. The molecule has 0 aromatic heterocycles. The van der Waals surface area contributed by atoms with Gasteiger partial charge in [0.25, 0.3) is 0 Å². The minimum atomic E-state index is -0.718. The lowest BCUT2D eigenvalue weighted by molar-refractivity contribution is -0.150. The highest BCUT2D eigenvalue weighted by Gasteiger charge is 2.14. The van der Waals surface area contributed by atoms with Crippen LogP contribution in [0.1, 0.15) is 264 Å². The van der Waals surface area contributed by atoms with Gasteiger partial charge in [-0.2, -0.15) is 0 Å². The van der Waals surface area contributed by atoms with E-state index in [0.717, 1.165) is 44.9 Å². The Kier molecular flexibility index (Phi) is 39.5. The Morgan fingerprint density at radius 1 is 0.375 bits per heavy atom. The lowest BCUT2D eigenvalue weighted by Crippen LogP contribution is -2.18. The van der Waals surface area contributed by atoms with Crippen LogP contribution in [-0.2, 0) is 14.3 Å². The zero-order chi connectivity index (χ0) is 35.0. The highest BCUT2D eigenvalue weighted by atomic mass is 16.5. The molecule has 0 saturated heterocycles. The molecule has 0 aliphatic rings. The van der Waals surface area contributed by atoms with Crippen LogP contribution in [0.4, 0.5) is 0 Å². The van der Waals surface area contributed by atoms with Crippen molar-refractivity contribution in [1.29, 1.82) is 0 Å². The lowest BCUT2D eigenvalue weighted by Gasteiger charge is -2.18. The number of carbonyl (C=O) groups excluding carboxylic acids is 1. The zero-order valence-electron chi connectivity index (χ0n) is 32.8. The Morgan fingerprint density at radius 3 is 0.938 bits per heavy atom. The highest BCUT2D eigenvalue weighted by molar-refractivity contribution is 5.69. The fraction of sp³-hybridized carbons (Fsp3) is 0.955. The fourth-order valence-electron chi connectivity index (χ4n) is 7.07. The van der Waals surface area contributed by atoms with E-state index in [9.17, 15) is 9.59 Å². The van der Waals surface area contributed by atoms with Crippen molar-refractivity contribution in [2.24, 2.45) is 0 Å². The molecule has 0 rings (SSSR count). The van der Waals surface area contributed by atoms with Crippen molar-refractivity contribution in [2.75, 3.05) is 0 Å². The number of aliphatic carboxylic acids is 1. The number of carboxylic acids is 1. The van der Waals surface area contributed by atoms with Gasteiger partial charge in [0.05, 0.1) is 0 Å². The van der Waals surface area contributed by atoms with Gasteiger partial charge in [0.15, 0.2) is 0 Å². The summed E-state index contributed by atoms with van der Waals surface area (Å²) in [7, 11) is 0. The molecule has 0 fully saturated rings. The summed E-state index contributed by atoms with van der Waals surface area (Å²) >= 11 is 0. The first kappa shape index (κ1) is 46.9. The van der Waals surface area contributed by atoms with Gasteiger partial charge in [0, 0.05) is 12.8 Å². The van der Waals surface area contributed by atoms with Crippen LogP contribution in [0.3, 0.4) is 0 Å². The summed E-state index contributed by atoms with van der Waals surface area (Å²) in [6.07, 6.45) is 48.5. The number of hydrogen-bond acceptors (Lipinski definition) is 3. The van der Waals surface area contributed by atoms with E-state index in [-0.39, 0.29) is 18.5 Å². The molecule has 0 amide bonds. The molecule has 0 aromatic rings. The van der Waals surface area contributed by atoms with E-state index in [4.69, 9.17) is 9.84 Å². The zero-order valence-corrected chi connectivity index (χ0v) is 32.8. The van der Waals surface area contributed by atoms with Gasteiger partial charge >= 0.3 is 11.9 Å². The van der Waals surface area contributed by atoms with Gasteiger partial charge in [-0.15, -0.1) is 0 Å². The number of ether oxygens (including phenoxy) is 1. The van der Waals surface area contributed by atoms with Gasteiger partial charge in [-0.25, -0.2) is 0 Å². The Bertz CT molecular complexity index is 648. The second-order valence-electron chi connectivity index (χ2n) is 15.3. The highest BCUT2D eigenvalue weighted by Crippen LogP contribution is 2.19. The summed E-state index contributed by atoms with van der Waals surface area (Å²) < 4.78 is 5.97. The molecule has 0 heterocycles. The molecule has 4 nitrogen and oxygen atoms in total. The molecular formula is C44H86O4. The normalized spacial score (nSPS) is 12.0. The second-order valence-corrected chi connectivity index (χ2v) is 15.3. The first-order chi connectivity index (χ1) is 23.6. The first-order valence-corrected chi connectivity index (χ1v) is 22.0. The molecule has 0 aromatic carbocycles. The number of esters is 1. The van der Waals surface area contributed by atoms with Crippen molar-refractivity contribution in [2.45, 2.75) is 270 Å². The van der Waals surface area contributed by atoms with Crippen LogP contribution in [-0.4, -0.2) is 23.1 Å². The van der Waals surface area contributed by atoms with E-state index < -0.39 is 5.97 Å². The van der Waals surface area contributed by atoms with E-state index in [2.05, 4.69) is 13.8 Å². The topological polar surface area (TPSA) is 63.6 Å². The van der Waals surface area contributed by atoms with Crippen LogP contribution in [0.15, 0.2) is 0 Å². The van der Waals surface area contributed by atoms with Crippen LogP contribution >= 0.6 is 0 Å². The number of carboxylic acid groups (broad SMARTS) is 1. The molecule has 0 spiro atoms. The molecule has 1 atom stereocenters. The SMILES string of the molecule is CCCCCCCCCCCCCCCCCCCC(=O)OC(CCCCCCCCCCCCCCCCC)CCCCCC(=O)O. The smallest absolute Gasteiger partial charge is 0.306 e. The maximum atomic E-state index is 12.7. The monoisotopic (exact) mass is 679 g/mol. The van der Waals surface area contributed by atoms with Crippen LogP contribution in [0.5, 0.6) is 0 Å². The standard InChI is InChI=1S/C44H86O4/c1-3-5-7-9-11-13-15-17-19-20-22-24-26-28-30-32-37-41-44(47)48-42(39-35-33-36-40-43(45)46)38-34-31-29-27-25-23-21-18-16-14-12-10-8-6-4-2/h42H,3-41H2,1-2H3,(H,45,46). The van der Waals surface area contributed by atoms with E-state index in [1.54, 1.807) is 0 Å². The van der Waals surface area contributed by atoms with Crippen molar-refractivity contribution in [1.82, 2.24) is 0 Å². The first-order valence-electron chi connectivity index (χ1n) is 22.0. The van der Waals surface area contributed by atoms with Crippen molar-refractivity contribution in [3.8, 4) is 0 Å². The van der Waals surface area contributed by atoms with E-state index >= 15 is 0 Å². The van der Waals surface area contributed by atoms with Crippen LogP contribution in [0, 0.1) is 0 Å². The maximum absolute atomic E-state index is 12.7. The molecule has 4 heteroatoms. The predicted molar refractivity (Wildman–Crippen MR) is 209 cm³/mol. The summed E-state index contributed by atoms with van der Waals surface area (Å²) in [5.41, 5.74) is 0. The Morgan fingerprint density at radius 2 is 0.625 bits per heavy atom. The third-order valence-corrected chi connectivity index (χ3v) is 10.3. The summed E-state index contributed by atoms with van der Waals surface area (Å²) in [4.78, 5) is 23.5. The van der Waals surface area contributed by atoms with Gasteiger partial charge in [-0.05, 0) is 38.5 Å². The van der Waals surface area contributed by atoms with E-state index in [1.807, 2.05) is 0 Å². The summed E-state index contributed by atoms with van der Waals surface area (Å²) in [5, 5.41) is 8.92. The summed E-state index contributed by atoms with van der Waals surface area (Å²) in [5.74, 6) is -0.739. The summed E-state index contributed by atoms with van der Waals surface area (Å²) in [6, 6.07) is 0. The number of unbranched alkanes of at least 4 members (excludes halogenated alkanes) is 32. The van der Waals surface area contributed by atoms with Crippen molar-refractivity contribution >= 4 is 11.9 Å². The van der Waals surface area contributed by atoms with E-state index in [1.165, 1.54) is 186 Å². The number of rotatable bonds is 41. The fourth-order valence-corrected chi connectivity index (χ4v) is 7.07. The molecule has 0 saturated carbocycles. The minimum absolute atomic E-state index is 0.00935. The molecular weight excluding hydrogens is 592 g/mol. The number of hydrogen-bond donors (Lipinski definition) is 1.